The molecular weight excluding hydrogens is 200 g/mol. The molecule has 0 radical (unpaired) electrons. The van der Waals surface area contributed by atoms with E-state index in [1.54, 1.807) is 12.4 Å². The van der Waals surface area contributed by atoms with Crippen LogP contribution in [-0.2, 0) is 0 Å². The van der Waals surface area contributed by atoms with E-state index >= 15 is 0 Å². The van der Waals surface area contributed by atoms with Crippen LogP contribution in [0.1, 0.15) is 31.9 Å². The van der Waals surface area contributed by atoms with Crippen LogP contribution in [0.3, 0.4) is 0 Å². The van der Waals surface area contributed by atoms with Crippen LogP contribution < -0.4 is 10.6 Å². The molecule has 0 amide bonds. The molecule has 1 unspecified atom stereocenters. The molecule has 1 aromatic heterocycles. The minimum Gasteiger partial charge on any atom is -0.336 e. The highest BCUT2D eigenvalue weighted by atomic mass is 15.3. The Balaban J connectivity index is 2.14. The summed E-state index contributed by atoms with van der Waals surface area (Å²) in [4.78, 5) is 10.7. The van der Waals surface area contributed by atoms with Crippen molar-refractivity contribution in [1.29, 1.82) is 0 Å². The largest absolute Gasteiger partial charge is 0.336 e. The quantitative estimate of drug-likeness (QED) is 0.783. The molecule has 4 heteroatoms. The van der Waals surface area contributed by atoms with E-state index in [2.05, 4.69) is 27.9 Å². The van der Waals surface area contributed by atoms with E-state index in [1.807, 2.05) is 6.07 Å². The first-order chi connectivity index (χ1) is 7.83. The van der Waals surface area contributed by atoms with Gasteiger partial charge in [-0.25, -0.2) is 0 Å². The van der Waals surface area contributed by atoms with Gasteiger partial charge in [0.2, 0.25) is 0 Å². The molecule has 0 bridgehead atoms. The van der Waals surface area contributed by atoms with Gasteiger partial charge in [-0.15, -0.1) is 0 Å². The summed E-state index contributed by atoms with van der Waals surface area (Å²) in [5.41, 5.74) is 7.99. The molecule has 16 heavy (non-hydrogen) atoms. The van der Waals surface area contributed by atoms with Gasteiger partial charge in [-0.3, -0.25) is 15.7 Å². The maximum absolute atomic E-state index is 5.98. The lowest BCUT2D eigenvalue weighted by Gasteiger charge is -2.31. The fourth-order valence-electron chi connectivity index (χ4n) is 1.91. The Morgan fingerprint density at radius 3 is 3.12 bits per heavy atom. The number of nitrogens with two attached hydrogens (primary N) is 1. The van der Waals surface area contributed by atoms with E-state index in [1.165, 1.54) is 12.8 Å². The summed E-state index contributed by atoms with van der Waals surface area (Å²) in [6, 6.07) is 4.00. The highest BCUT2D eigenvalue weighted by Gasteiger charge is 2.20. The molecule has 0 spiro atoms. The Labute approximate surface area is 96.2 Å². The summed E-state index contributed by atoms with van der Waals surface area (Å²) in [7, 11) is 0. The number of hydrogen-bond acceptors (Lipinski definition) is 4. The molecule has 1 aliphatic heterocycles. The van der Waals surface area contributed by atoms with E-state index in [4.69, 9.17) is 5.73 Å². The van der Waals surface area contributed by atoms with Gasteiger partial charge in [-0.1, -0.05) is 19.8 Å². The lowest BCUT2D eigenvalue weighted by Crippen LogP contribution is -2.44. The molecular formula is C12H18N4. The Hall–Kier alpha value is -1.42. The van der Waals surface area contributed by atoms with Gasteiger partial charge in [-0.2, -0.15) is 0 Å². The zero-order valence-corrected chi connectivity index (χ0v) is 9.63. The Kier molecular flexibility index (Phi) is 3.51. The molecule has 0 fully saturated rings. The first kappa shape index (κ1) is 11.1. The summed E-state index contributed by atoms with van der Waals surface area (Å²) in [5.74, 6) is 0. The van der Waals surface area contributed by atoms with Crippen LogP contribution in [0.15, 0.2) is 23.3 Å². The fraction of sp³-hybridized carbons (Fsp3) is 0.500. The highest BCUT2D eigenvalue weighted by Crippen LogP contribution is 2.22. The number of rotatable bonds is 4. The topological polar surface area (TPSA) is 54.5 Å². The maximum Gasteiger partial charge on any atom is 0.173 e. The molecule has 1 aromatic rings. The molecule has 4 nitrogen and oxygen atoms in total. The van der Waals surface area contributed by atoms with Crippen molar-refractivity contribution >= 4 is 11.9 Å². The summed E-state index contributed by atoms with van der Waals surface area (Å²) in [5, 5.41) is 0. The van der Waals surface area contributed by atoms with Crippen molar-refractivity contribution in [3.8, 4) is 0 Å². The number of pyridine rings is 1. The molecule has 2 heterocycles. The lowest BCUT2D eigenvalue weighted by atomic mass is 10.2. The fourth-order valence-corrected chi connectivity index (χ4v) is 1.91. The average molecular weight is 218 g/mol. The summed E-state index contributed by atoms with van der Waals surface area (Å²) in [6.45, 7) is 3.15. The zero-order chi connectivity index (χ0) is 11.4. The van der Waals surface area contributed by atoms with Crippen molar-refractivity contribution in [1.82, 2.24) is 4.98 Å². The molecule has 2 rings (SSSR count). The second-order valence-corrected chi connectivity index (χ2v) is 4.00. The van der Waals surface area contributed by atoms with E-state index in [0.29, 0.717) is 0 Å². The number of hydrogen-bond donors (Lipinski definition) is 1. The predicted octanol–water partition coefficient (Wildman–Crippen LogP) is 1.75. The van der Waals surface area contributed by atoms with Crippen LogP contribution in [0, 0.1) is 0 Å². The molecule has 0 saturated heterocycles. The first-order valence-corrected chi connectivity index (χ1v) is 5.83. The molecule has 1 aliphatic rings. The minimum absolute atomic E-state index is 0.256. The van der Waals surface area contributed by atoms with Crippen molar-refractivity contribution in [2.24, 2.45) is 10.7 Å². The van der Waals surface area contributed by atoms with E-state index in [0.717, 1.165) is 24.3 Å². The van der Waals surface area contributed by atoms with Gasteiger partial charge in [0.05, 0.1) is 11.9 Å². The van der Waals surface area contributed by atoms with Gasteiger partial charge < -0.3 is 4.90 Å². The Morgan fingerprint density at radius 1 is 1.44 bits per heavy atom. The third-order valence-electron chi connectivity index (χ3n) is 2.80. The van der Waals surface area contributed by atoms with E-state index in [-0.39, 0.29) is 6.29 Å². The maximum atomic E-state index is 5.98. The van der Waals surface area contributed by atoms with Gasteiger partial charge in [0, 0.05) is 12.7 Å². The summed E-state index contributed by atoms with van der Waals surface area (Å²) >= 11 is 0. The standard InChI is InChI=1S/C12H18N4/c1-2-3-4-8-16-11-6-5-7-14-10(11)9-15-12(16)13/h5-7,9,12H,2-4,8,13H2,1H3. The number of fused-ring (bicyclic) bond motifs is 1. The van der Waals surface area contributed by atoms with Crippen molar-refractivity contribution in [3.05, 3.63) is 24.0 Å². The SMILES string of the molecule is CCCCCN1c2cccnc2C=NC1N. The summed E-state index contributed by atoms with van der Waals surface area (Å²) in [6.07, 6.45) is 6.87. The van der Waals surface area contributed by atoms with Gasteiger partial charge in [-0.05, 0) is 18.6 Å². The average Bonchev–Trinajstić information content (AvgIpc) is 2.32. The van der Waals surface area contributed by atoms with Crippen LogP contribution >= 0.6 is 0 Å². The number of aromatic nitrogens is 1. The molecule has 0 aromatic carbocycles. The van der Waals surface area contributed by atoms with Crippen LogP contribution in [-0.4, -0.2) is 24.0 Å². The molecule has 0 saturated carbocycles. The monoisotopic (exact) mass is 218 g/mol. The third-order valence-corrected chi connectivity index (χ3v) is 2.80. The first-order valence-electron chi connectivity index (χ1n) is 5.83. The van der Waals surface area contributed by atoms with Gasteiger partial charge >= 0.3 is 0 Å². The van der Waals surface area contributed by atoms with Crippen molar-refractivity contribution in [2.75, 3.05) is 11.4 Å². The normalized spacial score (nSPS) is 18.6. The van der Waals surface area contributed by atoms with Crippen LogP contribution in [0.25, 0.3) is 0 Å². The predicted molar refractivity (Wildman–Crippen MR) is 66.7 cm³/mol. The van der Waals surface area contributed by atoms with Gasteiger partial charge in [0.15, 0.2) is 6.29 Å². The van der Waals surface area contributed by atoms with Crippen molar-refractivity contribution < 1.29 is 0 Å². The smallest absolute Gasteiger partial charge is 0.173 e. The minimum atomic E-state index is -0.256. The zero-order valence-electron chi connectivity index (χ0n) is 9.63. The highest BCUT2D eigenvalue weighted by molar-refractivity contribution is 5.87. The van der Waals surface area contributed by atoms with E-state index in [9.17, 15) is 0 Å². The van der Waals surface area contributed by atoms with Gasteiger partial charge in [0.1, 0.15) is 5.69 Å². The van der Waals surface area contributed by atoms with E-state index < -0.39 is 0 Å². The molecule has 1 atom stereocenters. The molecule has 0 aliphatic carbocycles. The number of aliphatic imine (C=N–C) groups is 1. The van der Waals surface area contributed by atoms with Crippen molar-refractivity contribution in [2.45, 2.75) is 32.5 Å². The Morgan fingerprint density at radius 2 is 2.31 bits per heavy atom. The van der Waals surface area contributed by atoms with Crippen LogP contribution in [0.4, 0.5) is 5.69 Å². The molecule has 86 valence electrons. The number of nitrogens with zero attached hydrogens (tertiary/aromatic N) is 3. The number of anilines is 1. The van der Waals surface area contributed by atoms with Gasteiger partial charge in [0.25, 0.3) is 0 Å². The second kappa shape index (κ2) is 5.07. The number of unbranched alkanes of at least 4 members (excludes halogenated alkanes) is 2. The third kappa shape index (κ3) is 2.22. The molecule has 2 N–H and O–H groups in total. The van der Waals surface area contributed by atoms with Crippen LogP contribution in [0.5, 0.6) is 0 Å². The van der Waals surface area contributed by atoms with Crippen molar-refractivity contribution in [3.63, 3.8) is 0 Å². The Bertz CT molecular complexity index is 375. The lowest BCUT2D eigenvalue weighted by molar-refractivity contribution is 0.592. The van der Waals surface area contributed by atoms with Crippen LogP contribution in [0.2, 0.25) is 0 Å². The summed E-state index contributed by atoms with van der Waals surface area (Å²) < 4.78 is 0. The second-order valence-electron chi connectivity index (χ2n) is 4.00.